The van der Waals surface area contributed by atoms with Gasteiger partial charge in [-0.3, -0.25) is 10.1 Å². The molecule has 4 nitrogen and oxygen atoms in total. The molecule has 1 amide bonds. The lowest BCUT2D eigenvalue weighted by atomic mass is 10.1. The van der Waals surface area contributed by atoms with Crippen LogP contribution < -0.4 is 15.8 Å². The summed E-state index contributed by atoms with van der Waals surface area (Å²) in [4.78, 5) is 11.4. The number of carbonyl (C=O) groups is 1. The molecule has 0 radical (unpaired) electrons. The first-order valence-electron chi connectivity index (χ1n) is 5.40. The molecule has 0 bridgehead atoms. The highest BCUT2D eigenvalue weighted by Gasteiger charge is 2.28. The number of hydrogen-bond acceptors (Lipinski definition) is 3. The van der Waals surface area contributed by atoms with Crippen LogP contribution in [0.3, 0.4) is 0 Å². The molecule has 1 aromatic carbocycles. The first kappa shape index (κ1) is 11.0. The van der Waals surface area contributed by atoms with E-state index in [4.69, 9.17) is 10.5 Å². The van der Waals surface area contributed by atoms with Gasteiger partial charge in [-0.05, 0) is 30.5 Å². The van der Waals surface area contributed by atoms with Crippen molar-refractivity contribution >= 4 is 5.91 Å². The molecule has 1 aromatic rings. The summed E-state index contributed by atoms with van der Waals surface area (Å²) >= 11 is 0. The van der Waals surface area contributed by atoms with Gasteiger partial charge in [0, 0.05) is 6.04 Å². The van der Waals surface area contributed by atoms with Crippen LogP contribution in [0.5, 0.6) is 5.75 Å². The monoisotopic (exact) mass is 220 g/mol. The van der Waals surface area contributed by atoms with Gasteiger partial charge in [-0.15, -0.1) is 0 Å². The summed E-state index contributed by atoms with van der Waals surface area (Å²) in [5.41, 5.74) is 6.25. The molecule has 1 fully saturated rings. The fourth-order valence-electron chi connectivity index (χ4n) is 1.65. The fraction of sp³-hybridized carbons (Fsp3) is 0.417. The van der Waals surface area contributed by atoms with Gasteiger partial charge in [0.05, 0.1) is 7.11 Å². The van der Waals surface area contributed by atoms with Crippen molar-refractivity contribution in [3.8, 4) is 5.75 Å². The quantitative estimate of drug-likeness (QED) is 0.777. The highest BCUT2D eigenvalue weighted by Crippen LogP contribution is 2.25. The minimum absolute atomic E-state index is 0.347. The van der Waals surface area contributed by atoms with Gasteiger partial charge < -0.3 is 10.5 Å². The van der Waals surface area contributed by atoms with Crippen LogP contribution in [0, 0.1) is 0 Å². The molecule has 1 aliphatic rings. The van der Waals surface area contributed by atoms with Crippen LogP contribution in [-0.4, -0.2) is 19.1 Å². The Balaban J connectivity index is 2.18. The summed E-state index contributed by atoms with van der Waals surface area (Å²) in [5.74, 6) is 0.390. The molecule has 0 spiro atoms. The Morgan fingerprint density at radius 3 is 2.88 bits per heavy atom. The van der Waals surface area contributed by atoms with Crippen LogP contribution in [0.1, 0.15) is 24.4 Å². The highest BCUT2D eigenvalue weighted by atomic mass is 16.5. The maximum atomic E-state index is 11.4. The minimum atomic E-state index is -0.414. The molecule has 2 rings (SSSR count). The van der Waals surface area contributed by atoms with Gasteiger partial charge in [0.15, 0.2) is 0 Å². The van der Waals surface area contributed by atoms with Crippen LogP contribution in [0.4, 0.5) is 0 Å². The number of nitrogens with two attached hydrogens (primary N) is 1. The number of carbonyl (C=O) groups excluding carboxylic acids is 1. The molecule has 0 heterocycles. The zero-order valence-corrected chi connectivity index (χ0v) is 9.27. The molecule has 86 valence electrons. The van der Waals surface area contributed by atoms with E-state index in [0.29, 0.717) is 6.04 Å². The number of methoxy groups -OCH3 is 1. The number of hydrogen-bond donors (Lipinski definition) is 2. The fourth-order valence-corrected chi connectivity index (χ4v) is 1.65. The van der Waals surface area contributed by atoms with Crippen LogP contribution >= 0.6 is 0 Å². The second-order valence-corrected chi connectivity index (χ2v) is 4.05. The summed E-state index contributed by atoms with van der Waals surface area (Å²) in [6.45, 7) is 0. The predicted octanol–water partition coefficient (Wildman–Crippen LogP) is 0.974. The van der Waals surface area contributed by atoms with Crippen molar-refractivity contribution in [1.29, 1.82) is 0 Å². The van der Waals surface area contributed by atoms with Crippen LogP contribution in [-0.2, 0) is 4.79 Å². The first-order chi connectivity index (χ1) is 7.70. The van der Waals surface area contributed by atoms with Crippen molar-refractivity contribution in [2.24, 2.45) is 5.73 Å². The summed E-state index contributed by atoms with van der Waals surface area (Å²) in [5, 5.41) is 3.23. The van der Waals surface area contributed by atoms with Crippen LogP contribution in [0.2, 0.25) is 0 Å². The number of benzene rings is 1. The lowest BCUT2D eigenvalue weighted by Crippen LogP contribution is -2.34. The van der Waals surface area contributed by atoms with Gasteiger partial charge in [-0.1, -0.05) is 12.1 Å². The van der Waals surface area contributed by atoms with Gasteiger partial charge in [0.1, 0.15) is 11.8 Å². The van der Waals surface area contributed by atoms with E-state index < -0.39 is 6.04 Å². The summed E-state index contributed by atoms with van der Waals surface area (Å²) in [6.07, 6.45) is 2.24. The SMILES string of the molecule is COc1cccc(C(NC2CC2)C(N)=O)c1. The Hall–Kier alpha value is -1.55. The smallest absolute Gasteiger partial charge is 0.239 e. The summed E-state index contributed by atoms with van der Waals surface area (Å²) in [6, 6.07) is 7.45. The van der Waals surface area contributed by atoms with Crippen molar-refractivity contribution in [3.05, 3.63) is 29.8 Å². The molecule has 1 aliphatic carbocycles. The Kier molecular flexibility index (Phi) is 3.10. The summed E-state index contributed by atoms with van der Waals surface area (Å²) < 4.78 is 5.13. The van der Waals surface area contributed by atoms with Gasteiger partial charge in [-0.25, -0.2) is 0 Å². The van der Waals surface area contributed by atoms with E-state index in [1.165, 1.54) is 0 Å². The van der Waals surface area contributed by atoms with Crippen molar-refractivity contribution < 1.29 is 9.53 Å². The Labute approximate surface area is 94.8 Å². The molecule has 0 aromatic heterocycles. The van der Waals surface area contributed by atoms with Crippen molar-refractivity contribution in [1.82, 2.24) is 5.32 Å². The Bertz CT molecular complexity index is 388. The molecule has 1 saturated carbocycles. The van der Waals surface area contributed by atoms with E-state index in [0.717, 1.165) is 24.2 Å². The van der Waals surface area contributed by atoms with Gasteiger partial charge in [0.2, 0.25) is 5.91 Å². The van der Waals surface area contributed by atoms with Gasteiger partial charge in [0.25, 0.3) is 0 Å². The normalized spacial score (nSPS) is 16.8. The molecule has 0 saturated heterocycles. The highest BCUT2D eigenvalue weighted by molar-refractivity contribution is 5.81. The second-order valence-electron chi connectivity index (χ2n) is 4.05. The number of nitrogens with one attached hydrogen (secondary N) is 1. The third-order valence-electron chi connectivity index (χ3n) is 2.69. The molecule has 1 atom stereocenters. The number of rotatable bonds is 5. The second kappa shape index (κ2) is 4.53. The zero-order valence-electron chi connectivity index (χ0n) is 9.27. The predicted molar refractivity (Wildman–Crippen MR) is 61.1 cm³/mol. The molecular weight excluding hydrogens is 204 g/mol. The third-order valence-corrected chi connectivity index (χ3v) is 2.69. The van der Waals surface area contributed by atoms with Crippen LogP contribution in [0.15, 0.2) is 24.3 Å². The maximum Gasteiger partial charge on any atom is 0.239 e. The third kappa shape index (κ3) is 2.52. The van der Waals surface area contributed by atoms with E-state index in [-0.39, 0.29) is 5.91 Å². The molecule has 0 aliphatic heterocycles. The number of primary amides is 1. The van der Waals surface area contributed by atoms with Gasteiger partial charge in [-0.2, -0.15) is 0 Å². The largest absolute Gasteiger partial charge is 0.497 e. The lowest BCUT2D eigenvalue weighted by molar-refractivity contribution is -0.120. The van der Waals surface area contributed by atoms with Crippen molar-refractivity contribution in [2.75, 3.05) is 7.11 Å². The molecule has 1 unspecified atom stereocenters. The van der Waals surface area contributed by atoms with Gasteiger partial charge >= 0.3 is 0 Å². The maximum absolute atomic E-state index is 11.4. The van der Waals surface area contributed by atoms with E-state index in [9.17, 15) is 4.79 Å². The molecule has 3 N–H and O–H groups in total. The molecule has 4 heteroatoms. The first-order valence-corrected chi connectivity index (χ1v) is 5.40. The van der Waals surface area contributed by atoms with Crippen molar-refractivity contribution in [2.45, 2.75) is 24.9 Å². The summed E-state index contributed by atoms with van der Waals surface area (Å²) in [7, 11) is 1.60. The van der Waals surface area contributed by atoms with E-state index >= 15 is 0 Å². The van der Waals surface area contributed by atoms with E-state index in [1.54, 1.807) is 7.11 Å². The topological polar surface area (TPSA) is 64.3 Å². The standard InChI is InChI=1S/C12H16N2O2/c1-16-10-4-2-3-8(7-10)11(12(13)15)14-9-5-6-9/h2-4,7,9,11,14H,5-6H2,1H3,(H2,13,15). The number of ether oxygens (including phenoxy) is 1. The Morgan fingerprint density at radius 2 is 2.31 bits per heavy atom. The average Bonchev–Trinajstić information content (AvgIpc) is 3.09. The van der Waals surface area contributed by atoms with E-state index in [1.807, 2.05) is 24.3 Å². The minimum Gasteiger partial charge on any atom is -0.497 e. The molecule has 16 heavy (non-hydrogen) atoms. The zero-order chi connectivity index (χ0) is 11.5. The average molecular weight is 220 g/mol. The number of amides is 1. The van der Waals surface area contributed by atoms with Crippen molar-refractivity contribution in [3.63, 3.8) is 0 Å². The van der Waals surface area contributed by atoms with Crippen LogP contribution in [0.25, 0.3) is 0 Å². The van der Waals surface area contributed by atoms with E-state index in [2.05, 4.69) is 5.32 Å². The lowest BCUT2D eigenvalue weighted by Gasteiger charge is -2.16. The molecular formula is C12H16N2O2. The Morgan fingerprint density at radius 1 is 1.56 bits per heavy atom.